The van der Waals surface area contributed by atoms with Crippen molar-refractivity contribution in [3.8, 4) is 0 Å². The van der Waals surface area contributed by atoms with Gasteiger partial charge in [0.25, 0.3) is 10.1 Å². The molecule has 1 rings (SSSR count). The van der Waals surface area contributed by atoms with Gasteiger partial charge in [0.1, 0.15) is 0 Å². The summed E-state index contributed by atoms with van der Waals surface area (Å²) in [6.07, 6.45) is 0. The molecule has 0 heterocycles. The monoisotopic (exact) mass is 200 g/mol. The second-order valence-electron chi connectivity index (χ2n) is 2.56. The maximum atomic E-state index is 10.8. The first-order valence-corrected chi connectivity index (χ1v) is 4.94. The highest BCUT2D eigenvalue weighted by Crippen LogP contribution is 2.10. The van der Waals surface area contributed by atoms with E-state index in [0.29, 0.717) is 5.56 Å². The minimum absolute atomic E-state index is 0.151. The van der Waals surface area contributed by atoms with Gasteiger partial charge < -0.3 is 0 Å². The van der Waals surface area contributed by atoms with Crippen LogP contribution in [0.3, 0.4) is 0 Å². The van der Waals surface area contributed by atoms with E-state index in [4.69, 9.17) is 4.55 Å². The Bertz CT molecular complexity index is 416. The predicted octanol–water partition coefficient (Wildman–Crippen LogP) is 1.14. The number of Topliss-reactive ketones (excluding diaryl/α,β-unsaturated/α-hetero) is 1. The van der Waals surface area contributed by atoms with Gasteiger partial charge in [0, 0.05) is 5.56 Å². The highest BCUT2D eigenvalue weighted by atomic mass is 32.2. The lowest BCUT2D eigenvalue weighted by atomic mass is 10.2. The molecule has 0 radical (unpaired) electrons. The molecular weight excluding hydrogens is 192 g/mol. The van der Waals surface area contributed by atoms with E-state index in [9.17, 15) is 13.2 Å². The fraction of sp³-hybridized carbons (Fsp3) is 0.125. The van der Waals surface area contributed by atoms with Crippen LogP contribution in [0.1, 0.15) is 17.3 Å². The Morgan fingerprint density at radius 3 is 2.00 bits per heavy atom. The van der Waals surface area contributed by atoms with Gasteiger partial charge >= 0.3 is 0 Å². The fourth-order valence-electron chi connectivity index (χ4n) is 0.862. The van der Waals surface area contributed by atoms with Crippen molar-refractivity contribution < 1.29 is 17.8 Å². The summed E-state index contributed by atoms with van der Waals surface area (Å²) < 4.78 is 29.8. The van der Waals surface area contributed by atoms with Crippen LogP contribution in [0.25, 0.3) is 0 Å². The van der Waals surface area contributed by atoms with Crippen LogP contribution in [-0.4, -0.2) is 18.8 Å². The van der Waals surface area contributed by atoms with Crippen LogP contribution in [-0.2, 0) is 10.1 Å². The summed E-state index contributed by atoms with van der Waals surface area (Å²) in [4.78, 5) is 10.6. The van der Waals surface area contributed by atoms with E-state index in [1.807, 2.05) is 0 Å². The fourth-order valence-corrected chi connectivity index (χ4v) is 1.34. The predicted molar refractivity (Wildman–Crippen MR) is 46.3 cm³/mol. The van der Waals surface area contributed by atoms with Crippen molar-refractivity contribution in [2.24, 2.45) is 0 Å². The van der Waals surface area contributed by atoms with Crippen molar-refractivity contribution in [1.82, 2.24) is 0 Å². The molecule has 13 heavy (non-hydrogen) atoms. The molecule has 0 aliphatic heterocycles. The number of hydrogen-bond donors (Lipinski definition) is 1. The Morgan fingerprint density at radius 1 is 1.23 bits per heavy atom. The molecule has 70 valence electrons. The normalized spacial score (nSPS) is 11.2. The van der Waals surface area contributed by atoms with Gasteiger partial charge in [0.15, 0.2) is 5.78 Å². The Balaban J connectivity index is 3.16. The highest BCUT2D eigenvalue weighted by molar-refractivity contribution is 7.85. The van der Waals surface area contributed by atoms with Gasteiger partial charge in [0.2, 0.25) is 0 Å². The summed E-state index contributed by atoms with van der Waals surface area (Å²) >= 11 is 0. The van der Waals surface area contributed by atoms with E-state index >= 15 is 0 Å². The SMILES string of the molecule is CC(=O)c1ccc(S(=O)(=O)O)cc1. The molecule has 1 aromatic rings. The Morgan fingerprint density at radius 2 is 1.69 bits per heavy atom. The molecule has 0 atom stereocenters. The Hall–Kier alpha value is -1.20. The highest BCUT2D eigenvalue weighted by Gasteiger charge is 2.08. The summed E-state index contributed by atoms with van der Waals surface area (Å²) in [5.74, 6) is -0.151. The molecule has 1 aromatic carbocycles. The van der Waals surface area contributed by atoms with Crippen LogP contribution in [0.4, 0.5) is 0 Å². The third-order valence-electron chi connectivity index (χ3n) is 1.56. The number of rotatable bonds is 2. The first kappa shape index (κ1) is 9.88. The van der Waals surface area contributed by atoms with Gasteiger partial charge in [0.05, 0.1) is 4.90 Å². The van der Waals surface area contributed by atoms with E-state index in [-0.39, 0.29) is 10.7 Å². The maximum Gasteiger partial charge on any atom is 0.294 e. The van der Waals surface area contributed by atoms with Crippen molar-refractivity contribution >= 4 is 15.9 Å². The average Bonchev–Trinajstić information content (AvgIpc) is 2.03. The zero-order chi connectivity index (χ0) is 10.1. The molecule has 0 aromatic heterocycles. The lowest BCUT2D eigenvalue weighted by Gasteiger charge is -1.97. The summed E-state index contributed by atoms with van der Waals surface area (Å²) in [5, 5.41) is 0. The van der Waals surface area contributed by atoms with E-state index in [0.717, 1.165) is 0 Å². The smallest absolute Gasteiger partial charge is 0.294 e. The van der Waals surface area contributed by atoms with Gasteiger partial charge in [-0.15, -0.1) is 0 Å². The summed E-state index contributed by atoms with van der Waals surface area (Å²) in [5.41, 5.74) is 0.410. The third-order valence-corrected chi connectivity index (χ3v) is 2.43. The Kier molecular flexibility index (Phi) is 2.49. The summed E-state index contributed by atoms with van der Waals surface area (Å²) in [7, 11) is -4.16. The molecule has 1 N–H and O–H groups in total. The zero-order valence-electron chi connectivity index (χ0n) is 6.89. The van der Waals surface area contributed by atoms with Crippen molar-refractivity contribution in [2.75, 3.05) is 0 Å². The number of ketones is 1. The van der Waals surface area contributed by atoms with Crippen LogP contribution in [0.15, 0.2) is 29.2 Å². The molecule has 0 unspecified atom stereocenters. The van der Waals surface area contributed by atoms with Crippen LogP contribution in [0, 0.1) is 0 Å². The molecule has 0 saturated heterocycles. The van der Waals surface area contributed by atoms with Crippen molar-refractivity contribution in [1.29, 1.82) is 0 Å². The summed E-state index contributed by atoms with van der Waals surface area (Å²) in [6, 6.07) is 5.08. The van der Waals surface area contributed by atoms with Crippen molar-refractivity contribution in [3.63, 3.8) is 0 Å². The van der Waals surface area contributed by atoms with Crippen LogP contribution in [0.5, 0.6) is 0 Å². The molecule has 4 nitrogen and oxygen atoms in total. The standard InChI is InChI=1S/C8H8O4S/c1-6(9)7-2-4-8(5-3-7)13(10,11)12/h2-5H,1H3,(H,10,11,12). The van der Waals surface area contributed by atoms with Gasteiger partial charge in [-0.2, -0.15) is 8.42 Å². The van der Waals surface area contributed by atoms with Crippen LogP contribution in [0.2, 0.25) is 0 Å². The first-order valence-electron chi connectivity index (χ1n) is 3.50. The molecular formula is C8H8O4S. The van der Waals surface area contributed by atoms with Gasteiger partial charge in [-0.1, -0.05) is 12.1 Å². The van der Waals surface area contributed by atoms with E-state index in [1.165, 1.54) is 31.2 Å². The molecule has 5 heteroatoms. The molecule has 0 aliphatic rings. The lowest BCUT2D eigenvalue weighted by Crippen LogP contribution is -1.99. The maximum absolute atomic E-state index is 10.8. The number of carbonyl (C=O) groups is 1. The second kappa shape index (κ2) is 3.27. The van der Waals surface area contributed by atoms with Crippen molar-refractivity contribution in [3.05, 3.63) is 29.8 Å². The molecule has 0 fully saturated rings. The third kappa shape index (κ3) is 2.37. The molecule has 0 spiro atoms. The minimum Gasteiger partial charge on any atom is -0.295 e. The number of hydrogen-bond acceptors (Lipinski definition) is 3. The zero-order valence-corrected chi connectivity index (χ0v) is 7.71. The topological polar surface area (TPSA) is 71.4 Å². The largest absolute Gasteiger partial charge is 0.295 e. The van der Waals surface area contributed by atoms with Crippen molar-refractivity contribution in [2.45, 2.75) is 11.8 Å². The van der Waals surface area contributed by atoms with Gasteiger partial charge in [-0.05, 0) is 19.1 Å². The van der Waals surface area contributed by atoms with Crippen LogP contribution < -0.4 is 0 Å². The first-order chi connectivity index (χ1) is 5.91. The molecule has 0 amide bonds. The minimum atomic E-state index is -4.16. The lowest BCUT2D eigenvalue weighted by molar-refractivity contribution is 0.101. The van der Waals surface area contributed by atoms with Crippen LogP contribution >= 0.6 is 0 Å². The number of carbonyl (C=O) groups excluding carboxylic acids is 1. The van der Waals surface area contributed by atoms with Gasteiger partial charge in [-0.3, -0.25) is 9.35 Å². The average molecular weight is 200 g/mol. The van der Waals surface area contributed by atoms with E-state index in [1.54, 1.807) is 0 Å². The molecule has 0 saturated carbocycles. The quantitative estimate of drug-likeness (QED) is 0.574. The molecule has 0 aliphatic carbocycles. The van der Waals surface area contributed by atoms with E-state index < -0.39 is 10.1 Å². The number of benzene rings is 1. The summed E-state index contributed by atoms with van der Waals surface area (Å²) in [6.45, 7) is 1.38. The molecule has 0 bridgehead atoms. The second-order valence-corrected chi connectivity index (χ2v) is 3.98. The van der Waals surface area contributed by atoms with Gasteiger partial charge in [-0.25, -0.2) is 0 Å². The Labute approximate surface area is 76.0 Å². The van der Waals surface area contributed by atoms with E-state index in [2.05, 4.69) is 0 Å².